The number of carboxylic acid groups (broad SMARTS) is 1. The van der Waals surface area contributed by atoms with Crippen LogP contribution >= 0.6 is 23.2 Å². The van der Waals surface area contributed by atoms with Crippen LogP contribution in [-0.4, -0.2) is 41.9 Å². The maximum atomic E-state index is 11.2. The van der Waals surface area contributed by atoms with E-state index in [1.807, 2.05) is 0 Å². The van der Waals surface area contributed by atoms with E-state index in [4.69, 9.17) is 33.2 Å². The Morgan fingerprint density at radius 2 is 2.24 bits per heavy atom. The summed E-state index contributed by atoms with van der Waals surface area (Å²) in [6, 6.07) is 7.24. The van der Waals surface area contributed by atoms with Crippen molar-refractivity contribution in [2.24, 2.45) is 0 Å². The van der Waals surface area contributed by atoms with E-state index in [9.17, 15) is 9.90 Å². The van der Waals surface area contributed by atoms with Crippen molar-refractivity contribution in [2.75, 3.05) is 19.7 Å². The Labute approximate surface area is 132 Å². The molecule has 0 spiro atoms. The van der Waals surface area contributed by atoms with E-state index in [0.717, 1.165) is 5.56 Å². The van der Waals surface area contributed by atoms with Crippen LogP contribution in [0.1, 0.15) is 17.9 Å². The molecular weight excluding hydrogens is 315 g/mol. The van der Waals surface area contributed by atoms with Crippen molar-refractivity contribution in [3.63, 3.8) is 0 Å². The Morgan fingerprint density at radius 3 is 2.86 bits per heavy atom. The molecule has 2 rings (SSSR count). The first kappa shape index (κ1) is 15.9. The van der Waals surface area contributed by atoms with Crippen LogP contribution in [0.3, 0.4) is 0 Å². The van der Waals surface area contributed by atoms with E-state index in [1.54, 1.807) is 18.2 Å². The first-order valence-corrected chi connectivity index (χ1v) is 7.20. The van der Waals surface area contributed by atoms with Crippen molar-refractivity contribution in [1.82, 2.24) is 4.90 Å². The fourth-order valence-electron chi connectivity index (χ4n) is 2.40. The van der Waals surface area contributed by atoms with Crippen LogP contribution in [0.25, 0.3) is 0 Å². The molecule has 2 atom stereocenters. The summed E-state index contributed by atoms with van der Waals surface area (Å²) in [6.45, 7) is 0.825. The second-order valence-electron chi connectivity index (χ2n) is 4.78. The Balaban J connectivity index is 2.33. The Morgan fingerprint density at radius 1 is 1.48 bits per heavy atom. The van der Waals surface area contributed by atoms with Crippen molar-refractivity contribution in [2.45, 2.75) is 18.4 Å². The molecule has 0 radical (unpaired) electrons. The lowest BCUT2D eigenvalue weighted by Crippen LogP contribution is -2.35. The van der Waals surface area contributed by atoms with Gasteiger partial charge in [-0.05, 0) is 17.7 Å². The Hall–Kier alpha value is -1.48. The summed E-state index contributed by atoms with van der Waals surface area (Å²) in [5.74, 6) is -0.252. The second kappa shape index (κ2) is 6.99. The van der Waals surface area contributed by atoms with Crippen LogP contribution in [0.15, 0.2) is 18.2 Å². The van der Waals surface area contributed by atoms with Gasteiger partial charge in [-0.25, -0.2) is 4.79 Å². The van der Waals surface area contributed by atoms with Gasteiger partial charge in [0, 0.05) is 19.0 Å². The molecule has 0 aliphatic carbocycles. The minimum atomic E-state index is -0.999. The lowest BCUT2D eigenvalue weighted by atomic mass is 9.91. The molecule has 1 aromatic carbocycles. The fraction of sp³-hybridized carbons (Fsp3) is 0.429. The number of nitrogens with zero attached hydrogens (tertiary/aromatic N) is 2. The SMILES string of the molecule is N#CC[C@@H]1OCCN(C(=O)O)C[C@@H]1c1ccc(Cl)c(Cl)c1. The molecule has 5 nitrogen and oxygen atoms in total. The molecule has 1 aromatic rings. The summed E-state index contributed by atoms with van der Waals surface area (Å²) in [7, 11) is 0. The highest BCUT2D eigenvalue weighted by Gasteiger charge is 2.31. The molecule has 7 heteroatoms. The van der Waals surface area contributed by atoms with E-state index in [-0.39, 0.29) is 38.1 Å². The van der Waals surface area contributed by atoms with Gasteiger partial charge in [0.2, 0.25) is 0 Å². The average molecular weight is 329 g/mol. The Bertz CT molecular complexity index is 574. The average Bonchev–Trinajstić information content (AvgIpc) is 2.65. The van der Waals surface area contributed by atoms with Gasteiger partial charge in [-0.15, -0.1) is 0 Å². The van der Waals surface area contributed by atoms with Crippen molar-refractivity contribution in [3.8, 4) is 6.07 Å². The van der Waals surface area contributed by atoms with Crippen LogP contribution in [-0.2, 0) is 4.74 Å². The number of ether oxygens (including phenoxy) is 1. The molecule has 1 amide bonds. The maximum Gasteiger partial charge on any atom is 0.407 e. The van der Waals surface area contributed by atoms with Crippen molar-refractivity contribution < 1.29 is 14.6 Å². The monoisotopic (exact) mass is 328 g/mol. The molecule has 0 aromatic heterocycles. The molecule has 1 heterocycles. The largest absolute Gasteiger partial charge is 0.465 e. The summed E-state index contributed by atoms with van der Waals surface area (Å²) in [5.41, 5.74) is 0.817. The number of hydrogen-bond donors (Lipinski definition) is 1. The molecule has 112 valence electrons. The summed E-state index contributed by atoms with van der Waals surface area (Å²) in [4.78, 5) is 12.5. The van der Waals surface area contributed by atoms with Crippen molar-refractivity contribution in [1.29, 1.82) is 5.26 Å². The maximum absolute atomic E-state index is 11.2. The number of benzene rings is 1. The van der Waals surface area contributed by atoms with Gasteiger partial charge in [0.25, 0.3) is 0 Å². The highest BCUT2D eigenvalue weighted by Crippen LogP contribution is 2.32. The molecule has 1 saturated heterocycles. The van der Waals surface area contributed by atoms with Gasteiger partial charge in [0.1, 0.15) is 0 Å². The minimum absolute atomic E-state index is 0.193. The third kappa shape index (κ3) is 3.79. The van der Waals surface area contributed by atoms with E-state index < -0.39 is 6.09 Å². The van der Waals surface area contributed by atoms with Crippen LogP contribution in [0, 0.1) is 11.3 Å². The normalized spacial score (nSPS) is 22.4. The molecule has 0 unspecified atom stereocenters. The summed E-state index contributed by atoms with van der Waals surface area (Å²) in [5, 5.41) is 19.0. The molecule has 1 fully saturated rings. The third-order valence-corrected chi connectivity index (χ3v) is 4.23. The number of nitriles is 1. The van der Waals surface area contributed by atoms with Crippen LogP contribution < -0.4 is 0 Å². The van der Waals surface area contributed by atoms with Crippen LogP contribution in [0.5, 0.6) is 0 Å². The van der Waals surface area contributed by atoms with Gasteiger partial charge in [0.05, 0.1) is 35.2 Å². The highest BCUT2D eigenvalue weighted by molar-refractivity contribution is 6.42. The van der Waals surface area contributed by atoms with Gasteiger partial charge >= 0.3 is 6.09 Å². The molecule has 0 bridgehead atoms. The standard InChI is InChI=1S/C14H14Cl2N2O3/c15-11-2-1-9(7-12(11)16)10-8-18(14(19)20)5-6-21-13(10)3-4-17/h1-2,7,10,13H,3,5-6,8H2,(H,19,20)/t10-,13+/m1/s1. The minimum Gasteiger partial charge on any atom is -0.465 e. The Kier molecular flexibility index (Phi) is 5.29. The number of halogens is 2. The summed E-state index contributed by atoms with van der Waals surface area (Å²) >= 11 is 11.9. The molecule has 0 saturated carbocycles. The van der Waals surface area contributed by atoms with Gasteiger partial charge in [-0.3, -0.25) is 0 Å². The third-order valence-electron chi connectivity index (χ3n) is 3.49. The lowest BCUT2D eigenvalue weighted by Gasteiger charge is -2.25. The number of carbonyl (C=O) groups is 1. The molecule has 1 aliphatic rings. The lowest BCUT2D eigenvalue weighted by molar-refractivity contribution is 0.0544. The zero-order chi connectivity index (χ0) is 15.4. The van der Waals surface area contributed by atoms with Gasteiger partial charge in [-0.1, -0.05) is 29.3 Å². The quantitative estimate of drug-likeness (QED) is 0.903. The van der Waals surface area contributed by atoms with Gasteiger partial charge < -0.3 is 14.7 Å². The number of hydrogen-bond acceptors (Lipinski definition) is 3. The van der Waals surface area contributed by atoms with E-state index in [2.05, 4.69) is 6.07 Å². The zero-order valence-electron chi connectivity index (χ0n) is 11.1. The fourth-order valence-corrected chi connectivity index (χ4v) is 2.71. The molecular formula is C14H14Cl2N2O3. The van der Waals surface area contributed by atoms with Gasteiger partial charge in [-0.2, -0.15) is 5.26 Å². The predicted molar refractivity (Wildman–Crippen MR) is 78.8 cm³/mol. The molecule has 1 N–H and O–H groups in total. The number of rotatable bonds is 2. The highest BCUT2D eigenvalue weighted by atomic mass is 35.5. The second-order valence-corrected chi connectivity index (χ2v) is 5.59. The summed E-state index contributed by atoms with van der Waals surface area (Å²) < 4.78 is 5.66. The first-order chi connectivity index (χ1) is 10.0. The molecule has 21 heavy (non-hydrogen) atoms. The van der Waals surface area contributed by atoms with E-state index in [1.165, 1.54) is 4.90 Å². The van der Waals surface area contributed by atoms with Crippen molar-refractivity contribution >= 4 is 29.3 Å². The smallest absolute Gasteiger partial charge is 0.407 e. The zero-order valence-corrected chi connectivity index (χ0v) is 12.6. The first-order valence-electron chi connectivity index (χ1n) is 6.44. The van der Waals surface area contributed by atoms with Crippen molar-refractivity contribution in [3.05, 3.63) is 33.8 Å². The van der Waals surface area contributed by atoms with Crippen LogP contribution in [0.2, 0.25) is 10.0 Å². The predicted octanol–water partition coefficient (Wildman–Crippen LogP) is 3.37. The van der Waals surface area contributed by atoms with E-state index in [0.29, 0.717) is 10.0 Å². The van der Waals surface area contributed by atoms with E-state index >= 15 is 0 Å². The van der Waals surface area contributed by atoms with Crippen LogP contribution in [0.4, 0.5) is 4.79 Å². The molecule has 1 aliphatic heterocycles. The van der Waals surface area contributed by atoms with Gasteiger partial charge in [0.15, 0.2) is 0 Å². The topological polar surface area (TPSA) is 73.6 Å². The summed E-state index contributed by atoms with van der Waals surface area (Å²) in [6.07, 6.45) is -1.17. The number of amides is 1.